The lowest BCUT2D eigenvalue weighted by Gasteiger charge is -2.24. The van der Waals surface area contributed by atoms with Gasteiger partial charge in [0.25, 0.3) is 11.8 Å². The molecule has 2 unspecified atom stereocenters. The molecule has 6 rings (SSSR count). The van der Waals surface area contributed by atoms with Gasteiger partial charge in [-0.15, -0.1) is 0 Å². The van der Waals surface area contributed by atoms with Crippen molar-refractivity contribution in [3.8, 4) is 11.1 Å². The lowest BCUT2D eigenvalue weighted by atomic mass is 9.94. The van der Waals surface area contributed by atoms with Crippen molar-refractivity contribution in [1.29, 1.82) is 0 Å². The van der Waals surface area contributed by atoms with Crippen molar-refractivity contribution in [2.24, 2.45) is 0 Å². The second-order valence-electron chi connectivity index (χ2n) is 12.0. The number of benzene rings is 2. The van der Waals surface area contributed by atoms with E-state index < -0.39 is 0 Å². The zero-order valence-electron chi connectivity index (χ0n) is 26.3. The van der Waals surface area contributed by atoms with E-state index in [4.69, 9.17) is 0 Å². The normalized spacial score (nSPS) is 17.3. The summed E-state index contributed by atoms with van der Waals surface area (Å²) in [5.41, 5.74) is 7.69. The highest BCUT2D eigenvalue weighted by atomic mass is 16.3. The Morgan fingerprint density at radius 3 is 1.59 bits per heavy atom. The van der Waals surface area contributed by atoms with E-state index in [1.165, 1.54) is 0 Å². The Labute approximate surface area is 268 Å². The number of carbonyl (C=O) groups is 2. The van der Waals surface area contributed by atoms with E-state index in [0.717, 1.165) is 72.4 Å². The number of fused-ring (bicyclic) bond motifs is 2. The molecule has 4 heterocycles. The Hall–Kier alpha value is -4.36. The summed E-state index contributed by atoms with van der Waals surface area (Å²) in [5, 5.41) is 40.4. The third kappa shape index (κ3) is 6.47. The molecule has 2 atom stereocenters. The maximum Gasteiger partial charge on any atom is 0.276 e. The van der Waals surface area contributed by atoms with Crippen molar-refractivity contribution in [2.45, 2.75) is 64.7 Å². The molecule has 2 aliphatic rings. The molecule has 2 aliphatic heterocycles. The van der Waals surface area contributed by atoms with Gasteiger partial charge < -0.3 is 31.5 Å². The Balaban J connectivity index is 1.19. The highest BCUT2D eigenvalue weighted by Crippen LogP contribution is 2.34. The first-order valence-electron chi connectivity index (χ1n) is 16.0. The van der Waals surface area contributed by atoms with Gasteiger partial charge in [0, 0.05) is 49.6 Å². The first-order valence-corrected chi connectivity index (χ1v) is 16.0. The molecule has 0 saturated carbocycles. The molecular weight excluding hydrogens is 584 g/mol. The predicted octanol–water partition coefficient (Wildman–Crippen LogP) is 3.70. The summed E-state index contributed by atoms with van der Waals surface area (Å²) in [6, 6.07) is 15.4. The second kappa shape index (κ2) is 14.0. The summed E-state index contributed by atoms with van der Waals surface area (Å²) >= 11 is 0. The predicted molar refractivity (Wildman–Crippen MR) is 176 cm³/mol. The smallest absolute Gasteiger partial charge is 0.276 e. The lowest BCUT2D eigenvalue weighted by Crippen LogP contribution is -2.29. The fourth-order valence-electron chi connectivity index (χ4n) is 6.58. The Morgan fingerprint density at radius 1 is 0.739 bits per heavy atom. The van der Waals surface area contributed by atoms with E-state index >= 15 is 0 Å². The van der Waals surface area contributed by atoms with Crippen molar-refractivity contribution >= 4 is 23.2 Å². The van der Waals surface area contributed by atoms with Gasteiger partial charge in [-0.25, -0.2) is 0 Å². The van der Waals surface area contributed by atoms with Crippen molar-refractivity contribution in [1.82, 2.24) is 30.2 Å². The third-order valence-corrected chi connectivity index (χ3v) is 8.99. The number of anilines is 2. The van der Waals surface area contributed by atoms with Crippen molar-refractivity contribution in [3.05, 3.63) is 82.4 Å². The number of aryl methyl sites for hydroxylation is 2. The van der Waals surface area contributed by atoms with Gasteiger partial charge in [-0.1, -0.05) is 24.3 Å². The average Bonchev–Trinajstić information content (AvgIpc) is 3.71. The number of hydrogen-bond donors (Lipinski definition) is 6. The van der Waals surface area contributed by atoms with E-state index in [1.54, 1.807) is 0 Å². The number of aromatic nitrogens is 4. The molecule has 12 nitrogen and oxygen atoms in total. The van der Waals surface area contributed by atoms with Crippen LogP contribution < -0.4 is 21.3 Å². The van der Waals surface area contributed by atoms with Crippen LogP contribution in [0.25, 0.3) is 11.1 Å². The SMILES string of the molecule is Cc1c(NC(=O)c2cc3n(n2)CCCC3NCCO)cccc1-c1cccc(NC(=O)c2cc3n(n2)CCCC3NCCO)c1C. The minimum atomic E-state index is -0.280. The molecule has 0 fully saturated rings. The van der Waals surface area contributed by atoms with Crippen LogP contribution in [0, 0.1) is 13.8 Å². The van der Waals surface area contributed by atoms with Gasteiger partial charge in [-0.2, -0.15) is 10.2 Å². The summed E-state index contributed by atoms with van der Waals surface area (Å²) in [5.74, 6) is -0.560. The molecule has 12 heteroatoms. The van der Waals surface area contributed by atoms with Crippen LogP contribution in [-0.2, 0) is 13.1 Å². The summed E-state index contributed by atoms with van der Waals surface area (Å²) in [6.07, 6.45) is 3.76. The number of nitrogens with one attached hydrogen (secondary N) is 4. The van der Waals surface area contributed by atoms with E-state index in [0.29, 0.717) is 35.9 Å². The first-order chi connectivity index (χ1) is 22.4. The maximum absolute atomic E-state index is 13.4. The number of carbonyl (C=O) groups excluding carboxylic acids is 2. The molecule has 0 aliphatic carbocycles. The number of rotatable bonds is 11. The van der Waals surface area contributed by atoms with Crippen LogP contribution in [0.5, 0.6) is 0 Å². The molecule has 46 heavy (non-hydrogen) atoms. The van der Waals surface area contributed by atoms with E-state index in [-0.39, 0.29) is 37.1 Å². The Morgan fingerprint density at radius 2 is 1.17 bits per heavy atom. The van der Waals surface area contributed by atoms with Crippen LogP contribution in [0.4, 0.5) is 11.4 Å². The Bertz CT molecular complexity index is 1600. The van der Waals surface area contributed by atoms with Gasteiger partial charge >= 0.3 is 0 Å². The second-order valence-corrected chi connectivity index (χ2v) is 12.0. The van der Waals surface area contributed by atoms with Crippen LogP contribution in [0.3, 0.4) is 0 Å². The minimum absolute atomic E-state index is 0.0552. The minimum Gasteiger partial charge on any atom is -0.395 e. The third-order valence-electron chi connectivity index (χ3n) is 8.99. The fourth-order valence-corrected chi connectivity index (χ4v) is 6.58. The number of nitrogens with zero attached hydrogens (tertiary/aromatic N) is 4. The molecule has 0 spiro atoms. The molecule has 6 N–H and O–H groups in total. The molecule has 242 valence electrons. The highest BCUT2D eigenvalue weighted by Gasteiger charge is 2.26. The van der Waals surface area contributed by atoms with Crippen molar-refractivity contribution in [2.75, 3.05) is 36.9 Å². The summed E-state index contributed by atoms with van der Waals surface area (Å²) < 4.78 is 3.76. The summed E-state index contributed by atoms with van der Waals surface area (Å²) in [4.78, 5) is 26.7. The number of aliphatic hydroxyl groups excluding tert-OH is 2. The van der Waals surface area contributed by atoms with Gasteiger partial charge in [0.15, 0.2) is 11.4 Å². The number of hydrogen-bond acceptors (Lipinski definition) is 8. The molecule has 0 radical (unpaired) electrons. The number of aliphatic hydroxyl groups is 2. The lowest BCUT2D eigenvalue weighted by molar-refractivity contribution is 0.101. The Kier molecular flexibility index (Phi) is 9.59. The summed E-state index contributed by atoms with van der Waals surface area (Å²) in [7, 11) is 0. The zero-order valence-corrected chi connectivity index (χ0v) is 26.3. The average molecular weight is 627 g/mol. The molecule has 2 amide bonds. The monoisotopic (exact) mass is 626 g/mol. The zero-order chi connectivity index (χ0) is 32.2. The number of amides is 2. The topological polar surface area (TPSA) is 158 Å². The molecule has 2 aromatic carbocycles. The van der Waals surface area contributed by atoms with E-state index in [1.807, 2.05) is 71.7 Å². The molecule has 2 aromatic heterocycles. The van der Waals surface area contributed by atoms with E-state index in [2.05, 4.69) is 31.5 Å². The van der Waals surface area contributed by atoms with Gasteiger partial charge in [0.2, 0.25) is 0 Å². The van der Waals surface area contributed by atoms with Crippen molar-refractivity contribution < 1.29 is 19.8 Å². The van der Waals surface area contributed by atoms with Crippen LogP contribution in [0.1, 0.15) is 81.3 Å². The van der Waals surface area contributed by atoms with Crippen LogP contribution in [0.2, 0.25) is 0 Å². The standard InChI is InChI=1S/C34H42N8O4/c1-21-23(7-3-9-25(21)37-33(45)29-19-31-27(35-13-17-43)11-5-15-41(31)39-29)24-8-4-10-26(22(24)2)38-34(46)30-20-32-28(36-14-18-44)12-6-16-42(32)40-30/h3-4,7-10,19-20,27-28,35-36,43-44H,5-6,11-18H2,1-2H3,(H,37,45)(H,38,46). The van der Waals surface area contributed by atoms with Gasteiger partial charge in [0.05, 0.1) is 24.6 Å². The van der Waals surface area contributed by atoms with Gasteiger partial charge in [-0.05, 0) is 86.1 Å². The molecule has 0 bridgehead atoms. The van der Waals surface area contributed by atoms with Crippen LogP contribution in [-0.4, -0.2) is 67.9 Å². The fraction of sp³-hybridized carbons (Fsp3) is 0.412. The van der Waals surface area contributed by atoms with Crippen LogP contribution >= 0.6 is 0 Å². The van der Waals surface area contributed by atoms with Crippen LogP contribution in [0.15, 0.2) is 48.5 Å². The molecular formula is C34H42N8O4. The first kappa shape index (κ1) is 31.6. The summed E-state index contributed by atoms with van der Waals surface area (Å²) in [6.45, 7) is 6.54. The van der Waals surface area contributed by atoms with Gasteiger partial charge in [0.1, 0.15) is 0 Å². The van der Waals surface area contributed by atoms with E-state index in [9.17, 15) is 19.8 Å². The molecule has 0 saturated heterocycles. The largest absolute Gasteiger partial charge is 0.395 e. The van der Waals surface area contributed by atoms with Crippen molar-refractivity contribution in [3.63, 3.8) is 0 Å². The quantitative estimate of drug-likeness (QED) is 0.147. The maximum atomic E-state index is 13.4. The molecule has 4 aromatic rings. The van der Waals surface area contributed by atoms with Gasteiger partial charge in [-0.3, -0.25) is 19.0 Å². The highest BCUT2D eigenvalue weighted by molar-refractivity contribution is 6.05.